The van der Waals surface area contributed by atoms with Gasteiger partial charge in [-0.25, -0.2) is 23.4 Å². The van der Waals surface area contributed by atoms with Crippen molar-refractivity contribution in [2.75, 3.05) is 18.0 Å². The number of nitrogens with zero attached hydrogens (tertiary/aromatic N) is 10. The Balaban J connectivity index is 1.20. The summed E-state index contributed by atoms with van der Waals surface area (Å²) in [5, 5.41) is 19.7. The van der Waals surface area contributed by atoms with Crippen molar-refractivity contribution in [3.8, 4) is 11.4 Å². The summed E-state index contributed by atoms with van der Waals surface area (Å²) in [4.78, 5) is 11.4. The van der Waals surface area contributed by atoms with Crippen LogP contribution in [0.5, 0.6) is 5.75 Å². The zero-order valence-electron chi connectivity index (χ0n) is 17.0. The second kappa shape index (κ2) is 9.02. The van der Waals surface area contributed by atoms with E-state index in [0.717, 1.165) is 0 Å². The Labute approximate surface area is 191 Å². The summed E-state index contributed by atoms with van der Waals surface area (Å²) in [6.45, 7) is 0.632. The van der Waals surface area contributed by atoms with Gasteiger partial charge < -0.3 is 9.64 Å². The third-order valence-corrected chi connectivity index (χ3v) is 5.35. The van der Waals surface area contributed by atoms with Crippen molar-refractivity contribution < 1.29 is 13.5 Å². The third kappa shape index (κ3) is 4.58. The molecular weight excluding hydrogens is 458 g/mol. The molecule has 0 saturated carbocycles. The molecule has 0 unspecified atom stereocenters. The fourth-order valence-electron chi connectivity index (χ4n) is 3.52. The maximum atomic E-state index is 14.9. The fourth-order valence-corrected chi connectivity index (χ4v) is 3.62. The Morgan fingerprint density at radius 2 is 2.03 bits per heavy atom. The minimum absolute atomic E-state index is 0.0183. The van der Waals surface area contributed by atoms with Crippen LogP contribution in [0.2, 0.25) is 5.02 Å². The molecular formula is C19H17ClF2N10O. The van der Waals surface area contributed by atoms with Crippen molar-refractivity contribution in [2.24, 2.45) is 0 Å². The van der Waals surface area contributed by atoms with Crippen molar-refractivity contribution in [1.82, 2.24) is 45.2 Å². The van der Waals surface area contributed by atoms with E-state index in [1.807, 2.05) is 0 Å². The Morgan fingerprint density at radius 1 is 1.18 bits per heavy atom. The van der Waals surface area contributed by atoms with Crippen LogP contribution in [-0.2, 0) is 6.61 Å². The van der Waals surface area contributed by atoms with Crippen LogP contribution in [0.1, 0.15) is 18.2 Å². The number of tetrazole rings is 1. The third-order valence-electron chi connectivity index (χ3n) is 5.15. The first-order chi connectivity index (χ1) is 16.1. The summed E-state index contributed by atoms with van der Waals surface area (Å²) in [7, 11) is 0. The van der Waals surface area contributed by atoms with Crippen molar-refractivity contribution >= 4 is 17.5 Å². The number of alkyl halides is 1. The summed E-state index contributed by atoms with van der Waals surface area (Å²) in [5.41, 5.74) is 0.912. The predicted octanol–water partition coefficient (Wildman–Crippen LogP) is 2.20. The van der Waals surface area contributed by atoms with Crippen LogP contribution in [0, 0.1) is 5.82 Å². The number of hydrogen-bond acceptors (Lipinski definition) is 9. The van der Waals surface area contributed by atoms with Crippen molar-refractivity contribution in [3.05, 3.63) is 59.7 Å². The number of ether oxygens (including phenoxy) is 1. The molecule has 11 nitrogen and oxygen atoms in total. The predicted molar refractivity (Wildman–Crippen MR) is 111 cm³/mol. The topological polar surface area (TPSA) is 113 Å². The first kappa shape index (κ1) is 21.1. The lowest BCUT2D eigenvalue weighted by Gasteiger charge is -2.33. The van der Waals surface area contributed by atoms with Crippen LogP contribution >= 0.6 is 11.6 Å². The lowest BCUT2D eigenvalue weighted by Crippen LogP contribution is -2.44. The van der Waals surface area contributed by atoms with Crippen molar-refractivity contribution in [1.29, 1.82) is 0 Å². The van der Waals surface area contributed by atoms with E-state index in [2.05, 4.69) is 35.7 Å². The van der Waals surface area contributed by atoms with Gasteiger partial charge in [0.15, 0.2) is 11.6 Å². The average Bonchev–Trinajstić information content (AvgIpc) is 3.51. The number of hydrogen-bond donors (Lipinski definition) is 0. The van der Waals surface area contributed by atoms with E-state index in [-0.39, 0.29) is 18.9 Å². The van der Waals surface area contributed by atoms with Crippen LogP contribution < -0.4 is 9.64 Å². The second-order valence-corrected chi connectivity index (χ2v) is 7.77. The van der Waals surface area contributed by atoms with Crippen LogP contribution in [-0.4, -0.2) is 64.4 Å². The van der Waals surface area contributed by atoms with Crippen LogP contribution in [0.4, 0.5) is 14.7 Å². The van der Waals surface area contributed by atoms with E-state index in [4.69, 9.17) is 16.3 Å². The Bertz CT molecular complexity index is 1220. The Kier molecular flexibility index (Phi) is 5.77. The summed E-state index contributed by atoms with van der Waals surface area (Å²) in [6.07, 6.45) is 5.04. The summed E-state index contributed by atoms with van der Waals surface area (Å²) < 4.78 is 36.1. The number of anilines is 1. The molecule has 0 radical (unpaired) electrons. The number of benzene rings is 1. The summed E-state index contributed by atoms with van der Waals surface area (Å²) in [6, 6.07) is 3.82. The smallest absolute Gasteiger partial charge is 0.225 e. The second-order valence-electron chi connectivity index (χ2n) is 7.33. The van der Waals surface area contributed by atoms with Gasteiger partial charge in [0.2, 0.25) is 5.95 Å². The maximum Gasteiger partial charge on any atom is 0.225 e. The Morgan fingerprint density at radius 3 is 2.76 bits per heavy atom. The van der Waals surface area contributed by atoms with E-state index in [1.54, 1.807) is 11.0 Å². The molecule has 1 aliphatic rings. The van der Waals surface area contributed by atoms with Gasteiger partial charge in [0.1, 0.15) is 30.8 Å². The van der Waals surface area contributed by atoms with Gasteiger partial charge in [-0.3, -0.25) is 0 Å². The fraction of sp³-hybridized carbons (Fsp3) is 0.316. The molecule has 0 aliphatic carbocycles. The molecule has 1 aliphatic heterocycles. The molecule has 5 rings (SSSR count). The van der Waals surface area contributed by atoms with Gasteiger partial charge in [0, 0.05) is 12.6 Å². The molecule has 4 aromatic rings. The molecule has 0 N–H and O–H groups in total. The summed E-state index contributed by atoms with van der Waals surface area (Å²) in [5.74, 6) is -0.104. The minimum Gasteiger partial charge on any atom is -0.484 e. The lowest BCUT2D eigenvalue weighted by atomic mass is 10.0. The van der Waals surface area contributed by atoms with Crippen LogP contribution in [0.25, 0.3) is 5.69 Å². The highest BCUT2D eigenvalue weighted by Gasteiger charge is 2.33. The molecule has 170 valence electrons. The molecule has 14 heteroatoms. The lowest BCUT2D eigenvalue weighted by molar-refractivity contribution is 0.172. The van der Waals surface area contributed by atoms with Crippen LogP contribution in [0.15, 0.2) is 43.1 Å². The normalized spacial score (nSPS) is 18.5. The average molecular weight is 475 g/mol. The molecule has 2 atom stereocenters. The monoisotopic (exact) mass is 474 g/mol. The van der Waals surface area contributed by atoms with Gasteiger partial charge in [-0.05, 0) is 29.0 Å². The largest absolute Gasteiger partial charge is 0.484 e. The molecule has 4 heterocycles. The SMILES string of the molecule is Fc1cc(-n2cnnn2)ccc1OCc1cnn([C@@H]2CCN(c3ncc(Cl)cn3)C[C@H]2F)n1. The maximum absolute atomic E-state index is 14.9. The molecule has 1 saturated heterocycles. The number of halogens is 3. The van der Waals surface area contributed by atoms with Gasteiger partial charge in [0.25, 0.3) is 0 Å². The van der Waals surface area contributed by atoms with E-state index in [1.165, 1.54) is 46.5 Å². The zero-order chi connectivity index (χ0) is 22.8. The Hall–Kier alpha value is -3.74. The molecule has 33 heavy (non-hydrogen) atoms. The van der Waals surface area contributed by atoms with E-state index in [0.29, 0.717) is 35.3 Å². The van der Waals surface area contributed by atoms with Gasteiger partial charge in [-0.15, -0.1) is 5.10 Å². The molecule has 3 aromatic heterocycles. The number of rotatable bonds is 6. The van der Waals surface area contributed by atoms with Gasteiger partial charge in [0.05, 0.1) is 35.8 Å². The zero-order valence-corrected chi connectivity index (χ0v) is 17.8. The molecule has 0 amide bonds. The standard InChI is InChI=1S/C19H17ClF2N10O/c20-12-6-23-19(24-7-12)30-4-3-17(16(22)9-30)32-26-8-13(27-32)10-33-18-2-1-14(5-15(18)21)31-11-25-28-29-31/h1-2,5-8,11,16-17H,3-4,9-10H2/t16-,17-/m1/s1. The van der Waals surface area contributed by atoms with Gasteiger partial charge >= 0.3 is 0 Å². The van der Waals surface area contributed by atoms with E-state index < -0.39 is 18.0 Å². The van der Waals surface area contributed by atoms with Crippen molar-refractivity contribution in [2.45, 2.75) is 25.2 Å². The summed E-state index contributed by atoms with van der Waals surface area (Å²) >= 11 is 5.81. The number of aromatic nitrogens is 9. The highest BCUT2D eigenvalue weighted by atomic mass is 35.5. The van der Waals surface area contributed by atoms with E-state index in [9.17, 15) is 8.78 Å². The van der Waals surface area contributed by atoms with Gasteiger partial charge in [-0.2, -0.15) is 15.0 Å². The highest BCUT2D eigenvalue weighted by molar-refractivity contribution is 6.30. The minimum atomic E-state index is -1.23. The molecule has 1 aromatic carbocycles. The number of piperidine rings is 1. The molecule has 1 fully saturated rings. The van der Waals surface area contributed by atoms with E-state index >= 15 is 0 Å². The molecule has 0 spiro atoms. The first-order valence-electron chi connectivity index (χ1n) is 10.00. The van der Waals surface area contributed by atoms with Crippen molar-refractivity contribution in [3.63, 3.8) is 0 Å². The van der Waals surface area contributed by atoms with Crippen LogP contribution in [0.3, 0.4) is 0 Å². The highest BCUT2D eigenvalue weighted by Crippen LogP contribution is 2.27. The molecule has 0 bridgehead atoms. The first-order valence-corrected chi connectivity index (χ1v) is 10.4. The van der Waals surface area contributed by atoms with Gasteiger partial charge in [-0.1, -0.05) is 11.6 Å². The quantitative estimate of drug-likeness (QED) is 0.415.